The van der Waals surface area contributed by atoms with Crippen molar-refractivity contribution >= 4 is 0 Å². The van der Waals surface area contributed by atoms with Crippen LogP contribution in [-0.2, 0) is 0 Å². The first-order valence-electron chi connectivity index (χ1n) is 6.79. The van der Waals surface area contributed by atoms with E-state index in [9.17, 15) is 10.2 Å². The molecule has 1 aromatic heterocycles. The van der Waals surface area contributed by atoms with Crippen molar-refractivity contribution in [1.82, 2.24) is 19.9 Å². The van der Waals surface area contributed by atoms with E-state index >= 15 is 0 Å². The smallest absolute Gasteiger partial charge is 0.258 e. The summed E-state index contributed by atoms with van der Waals surface area (Å²) >= 11 is 0. The molecule has 1 aliphatic rings. The summed E-state index contributed by atoms with van der Waals surface area (Å²) in [5.41, 5.74) is 0.498. The molecule has 0 bridgehead atoms. The first-order chi connectivity index (χ1) is 10.0. The van der Waals surface area contributed by atoms with Crippen LogP contribution in [0.2, 0.25) is 0 Å². The van der Waals surface area contributed by atoms with Gasteiger partial charge in [0.2, 0.25) is 0 Å². The maximum absolute atomic E-state index is 9.52. The fraction of sp³-hybridized carbons (Fsp3) is 0.429. The van der Waals surface area contributed by atoms with Gasteiger partial charge in [-0.15, -0.1) is 0 Å². The van der Waals surface area contributed by atoms with Gasteiger partial charge in [-0.3, -0.25) is 4.90 Å². The van der Waals surface area contributed by atoms with Crippen LogP contribution in [0.1, 0.15) is 11.9 Å². The summed E-state index contributed by atoms with van der Waals surface area (Å²) in [7, 11) is 4.10. The van der Waals surface area contributed by atoms with Crippen molar-refractivity contribution in [3.63, 3.8) is 0 Å². The minimum Gasteiger partial charge on any atom is -0.508 e. The highest BCUT2D eigenvalue weighted by Gasteiger charge is 2.28. The number of hydrogen-bond donors (Lipinski definition) is 2. The number of benzene rings is 1. The van der Waals surface area contributed by atoms with E-state index in [2.05, 4.69) is 27.0 Å². The van der Waals surface area contributed by atoms with Crippen LogP contribution >= 0.6 is 0 Å². The first kappa shape index (κ1) is 13.8. The van der Waals surface area contributed by atoms with E-state index in [0.717, 1.165) is 19.6 Å². The maximum atomic E-state index is 9.52. The van der Waals surface area contributed by atoms with E-state index in [4.69, 9.17) is 4.52 Å². The lowest BCUT2D eigenvalue weighted by Crippen LogP contribution is -2.45. The molecule has 0 aliphatic carbocycles. The van der Waals surface area contributed by atoms with Gasteiger partial charge in [-0.05, 0) is 26.2 Å². The van der Waals surface area contributed by atoms with E-state index in [1.54, 1.807) is 0 Å². The van der Waals surface area contributed by atoms with Crippen molar-refractivity contribution in [2.45, 2.75) is 6.04 Å². The normalized spacial score (nSPS) is 20.8. The Morgan fingerprint density at radius 3 is 2.57 bits per heavy atom. The predicted octanol–water partition coefficient (Wildman–Crippen LogP) is 1.07. The van der Waals surface area contributed by atoms with E-state index in [-0.39, 0.29) is 23.4 Å². The van der Waals surface area contributed by atoms with Crippen LogP contribution in [0.15, 0.2) is 22.7 Å². The van der Waals surface area contributed by atoms with Crippen molar-refractivity contribution in [2.24, 2.45) is 0 Å². The van der Waals surface area contributed by atoms with Gasteiger partial charge in [0, 0.05) is 31.3 Å². The second kappa shape index (κ2) is 5.34. The molecule has 21 heavy (non-hydrogen) atoms. The quantitative estimate of drug-likeness (QED) is 0.855. The minimum atomic E-state index is -0.0423. The van der Waals surface area contributed by atoms with Crippen molar-refractivity contribution in [3.8, 4) is 23.0 Å². The van der Waals surface area contributed by atoms with Crippen LogP contribution in [0.25, 0.3) is 11.5 Å². The summed E-state index contributed by atoms with van der Waals surface area (Å²) < 4.78 is 5.27. The molecular formula is C14H18N4O3. The zero-order valence-electron chi connectivity index (χ0n) is 12.0. The Balaban J connectivity index is 1.89. The summed E-state index contributed by atoms with van der Waals surface area (Å²) in [6.07, 6.45) is 0. The Hall–Kier alpha value is -2.12. The van der Waals surface area contributed by atoms with Crippen LogP contribution in [0.4, 0.5) is 0 Å². The van der Waals surface area contributed by atoms with E-state index in [0.29, 0.717) is 11.4 Å². The van der Waals surface area contributed by atoms with Crippen molar-refractivity contribution in [2.75, 3.05) is 33.7 Å². The molecule has 3 rings (SSSR count). The van der Waals surface area contributed by atoms with Crippen molar-refractivity contribution in [3.05, 3.63) is 24.0 Å². The largest absolute Gasteiger partial charge is 0.508 e. The average Bonchev–Trinajstić information content (AvgIpc) is 2.90. The standard InChI is InChI=1S/C14H18N4O3/c1-17-3-4-18(2)12(8-17)13-15-14(21-16-13)9-5-10(19)7-11(20)6-9/h5-7,12,19-20H,3-4,8H2,1-2H3. The number of nitrogens with zero attached hydrogens (tertiary/aromatic N) is 4. The summed E-state index contributed by atoms with van der Waals surface area (Å²) in [5, 5.41) is 23.1. The molecule has 2 heterocycles. The number of likely N-dealkylation sites (N-methyl/N-ethyl adjacent to an activating group) is 2. The molecule has 1 aliphatic heterocycles. The second-order valence-electron chi connectivity index (χ2n) is 5.45. The Morgan fingerprint density at radius 1 is 1.14 bits per heavy atom. The molecule has 0 saturated carbocycles. The molecule has 1 aromatic carbocycles. The van der Waals surface area contributed by atoms with Crippen LogP contribution in [0, 0.1) is 0 Å². The minimum absolute atomic E-state index is 0.0423. The number of rotatable bonds is 2. The lowest BCUT2D eigenvalue weighted by Gasteiger charge is -2.35. The predicted molar refractivity (Wildman–Crippen MR) is 75.9 cm³/mol. The number of phenolic OH excluding ortho intramolecular Hbond substituents is 2. The average molecular weight is 290 g/mol. The van der Waals surface area contributed by atoms with Crippen LogP contribution in [-0.4, -0.2) is 63.9 Å². The molecule has 0 radical (unpaired) electrons. The third kappa shape index (κ3) is 2.84. The third-order valence-electron chi connectivity index (χ3n) is 3.74. The monoisotopic (exact) mass is 290 g/mol. The molecule has 112 valence electrons. The lowest BCUT2D eigenvalue weighted by atomic mass is 10.1. The van der Waals surface area contributed by atoms with Crippen LogP contribution in [0.5, 0.6) is 11.5 Å². The molecule has 7 nitrogen and oxygen atoms in total. The zero-order chi connectivity index (χ0) is 15.0. The van der Waals surface area contributed by atoms with Gasteiger partial charge in [-0.1, -0.05) is 5.16 Å². The number of piperazine rings is 1. The molecule has 0 spiro atoms. The fourth-order valence-electron chi connectivity index (χ4n) is 2.50. The molecule has 1 fully saturated rings. The van der Waals surface area contributed by atoms with Crippen LogP contribution < -0.4 is 0 Å². The van der Waals surface area contributed by atoms with Gasteiger partial charge in [0.15, 0.2) is 5.82 Å². The fourth-order valence-corrected chi connectivity index (χ4v) is 2.50. The molecular weight excluding hydrogens is 272 g/mol. The molecule has 2 N–H and O–H groups in total. The third-order valence-corrected chi connectivity index (χ3v) is 3.74. The van der Waals surface area contributed by atoms with Gasteiger partial charge < -0.3 is 19.6 Å². The van der Waals surface area contributed by atoms with Gasteiger partial charge in [-0.25, -0.2) is 0 Å². The summed E-state index contributed by atoms with van der Waals surface area (Å²) in [6, 6.07) is 4.29. The highest BCUT2D eigenvalue weighted by molar-refractivity contribution is 5.58. The highest BCUT2D eigenvalue weighted by atomic mass is 16.5. The van der Waals surface area contributed by atoms with Gasteiger partial charge >= 0.3 is 0 Å². The first-order valence-corrected chi connectivity index (χ1v) is 6.79. The van der Waals surface area contributed by atoms with Crippen LogP contribution in [0.3, 0.4) is 0 Å². The van der Waals surface area contributed by atoms with E-state index in [1.165, 1.54) is 18.2 Å². The molecule has 2 aromatic rings. The number of hydrogen-bond acceptors (Lipinski definition) is 7. The molecule has 1 atom stereocenters. The van der Waals surface area contributed by atoms with Gasteiger partial charge in [0.05, 0.1) is 6.04 Å². The van der Waals surface area contributed by atoms with Crippen molar-refractivity contribution in [1.29, 1.82) is 0 Å². The number of aromatic nitrogens is 2. The molecule has 0 amide bonds. The molecule has 7 heteroatoms. The molecule has 1 unspecified atom stereocenters. The second-order valence-corrected chi connectivity index (χ2v) is 5.45. The molecule has 1 saturated heterocycles. The SMILES string of the molecule is CN1CCN(C)C(c2noc(-c3cc(O)cc(O)c3)n2)C1. The Bertz CT molecular complexity index is 623. The number of phenols is 2. The Labute approximate surface area is 122 Å². The summed E-state index contributed by atoms with van der Waals surface area (Å²) in [4.78, 5) is 8.82. The zero-order valence-corrected chi connectivity index (χ0v) is 12.0. The summed E-state index contributed by atoms with van der Waals surface area (Å²) in [6.45, 7) is 2.79. The highest BCUT2D eigenvalue weighted by Crippen LogP contribution is 2.29. The number of aromatic hydroxyl groups is 2. The lowest BCUT2D eigenvalue weighted by molar-refractivity contribution is 0.108. The van der Waals surface area contributed by atoms with E-state index < -0.39 is 0 Å². The maximum Gasteiger partial charge on any atom is 0.258 e. The summed E-state index contributed by atoms with van der Waals surface area (Å²) in [5.74, 6) is 0.818. The Kier molecular flexibility index (Phi) is 3.52. The topological polar surface area (TPSA) is 85.9 Å². The Morgan fingerprint density at radius 2 is 1.86 bits per heavy atom. The van der Waals surface area contributed by atoms with E-state index in [1.807, 2.05) is 7.05 Å². The van der Waals surface area contributed by atoms with Gasteiger partial charge in [0.25, 0.3) is 5.89 Å². The van der Waals surface area contributed by atoms with Crippen molar-refractivity contribution < 1.29 is 14.7 Å². The van der Waals surface area contributed by atoms with Gasteiger partial charge in [0.1, 0.15) is 11.5 Å². The van der Waals surface area contributed by atoms with Gasteiger partial charge in [-0.2, -0.15) is 4.98 Å².